The Bertz CT molecular complexity index is 2840. The molecule has 3 aromatic heterocycles. The highest BCUT2D eigenvalue weighted by Crippen LogP contribution is 2.39. The molecule has 0 fully saturated rings. The third kappa shape index (κ3) is 5.32. The first-order valence-electron chi connectivity index (χ1n) is 17.0. The van der Waals surface area contributed by atoms with Gasteiger partial charge in [-0.15, -0.1) is 0 Å². The van der Waals surface area contributed by atoms with Gasteiger partial charge in [0.25, 0.3) is 0 Å². The van der Waals surface area contributed by atoms with E-state index in [1.165, 1.54) is 10.8 Å². The van der Waals surface area contributed by atoms with Crippen molar-refractivity contribution in [2.45, 2.75) is 6.92 Å². The van der Waals surface area contributed by atoms with Crippen molar-refractivity contribution in [3.63, 3.8) is 0 Å². The van der Waals surface area contributed by atoms with Crippen molar-refractivity contribution < 1.29 is 4.42 Å². The van der Waals surface area contributed by atoms with E-state index in [1.54, 1.807) is 0 Å². The Morgan fingerprint density at radius 2 is 1.29 bits per heavy atom. The molecule has 0 atom stereocenters. The summed E-state index contributed by atoms with van der Waals surface area (Å²) < 4.78 is 8.77. The summed E-state index contributed by atoms with van der Waals surface area (Å²) >= 11 is 0. The van der Waals surface area contributed by atoms with Crippen molar-refractivity contribution in [3.05, 3.63) is 176 Å². The van der Waals surface area contributed by atoms with E-state index in [2.05, 4.69) is 108 Å². The highest BCUT2D eigenvalue weighted by molar-refractivity contribution is 6.13. The Kier molecular flexibility index (Phi) is 7.44. The lowest BCUT2D eigenvalue weighted by atomic mass is 10.0. The van der Waals surface area contributed by atoms with Gasteiger partial charge < -0.3 is 8.98 Å². The SMILES string of the molecule is C=C(/C=C\C=C/C)c1nc(-c2ccccc2)nc(-c2cccc(-n3c4ccccc4c4ccc(-c5cccc6c5oc5ccccc56)cc43)c2)n1. The number of fused-ring (bicyclic) bond motifs is 6. The van der Waals surface area contributed by atoms with Gasteiger partial charge in [-0.3, -0.25) is 0 Å². The second-order valence-electron chi connectivity index (χ2n) is 12.5. The van der Waals surface area contributed by atoms with Gasteiger partial charge in [-0.25, -0.2) is 15.0 Å². The largest absolute Gasteiger partial charge is 0.455 e. The first-order valence-corrected chi connectivity index (χ1v) is 17.0. The zero-order chi connectivity index (χ0) is 34.3. The van der Waals surface area contributed by atoms with Gasteiger partial charge in [0.05, 0.1) is 11.0 Å². The Hall–Kier alpha value is -6.85. The molecule has 9 aromatic rings. The number of hydrogen-bond acceptors (Lipinski definition) is 4. The van der Waals surface area contributed by atoms with E-state index in [0.717, 1.165) is 60.9 Å². The molecule has 0 unspecified atom stereocenters. The number of rotatable bonds is 7. The van der Waals surface area contributed by atoms with Crippen molar-refractivity contribution >= 4 is 49.3 Å². The van der Waals surface area contributed by atoms with Crippen LogP contribution in [0.15, 0.2) is 175 Å². The van der Waals surface area contributed by atoms with Crippen LogP contribution in [0.1, 0.15) is 12.7 Å². The predicted octanol–water partition coefficient (Wildman–Crippen LogP) is 12.0. The molecule has 0 aliphatic carbocycles. The van der Waals surface area contributed by atoms with E-state index in [-0.39, 0.29) is 0 Å². The number of furan rings is 1. The fraction of sp³-hybridized carbons (Fsp3) is 0.0217. The van der Waals surface area contributed by atoms with E-state index in [9.17, 15) is 0 Å². The molecular formula is C46H32N4O. The molecule has 5 nitrogen and oxygen atoms in total. The molecular weight excluding hydrogens is 625 g/mol. The summed E-state index contributed by atoms with van der Waals surface area (Å²) in [6.07, 6.45) is 7.80. The minimum Gasteiger partial charge on any atom is -0.455 e. The standard InChI is InChI=1S/C46H32N4O/c1-3-4-6-15-30(2)44-47-45(31-16-7-5-8-17-31)49-46(48-44)33-18-13-19-34(28-33)50-40-24-11-9-20-36(40)37-27-26-32(29-41(37)50)35-22-14-23-39-38-21-10-12-25-42(38)51-43(35)39/h3-29H,2H2,1H3/b4-3-,15-6-. The molecule has 0 spiro atoms. The summed E-state index contributed by atoms with van der Waals surface area (Å²) in [6.45, 7) is 6.25. The molecule has 0 saturated heterocycles. The van der Waals surface area contributed by atoms with Gasteiger partial charge >= 0.3 is 0 Å². The zero-order valence-corrected chi connectivity index (χ0v) is 28.0. The van der Waals surface area contributed by atoms with Gasteiger partial charge in [-0.05, 0) is 42.8 Å². The molecule has 0 aliphatic heterocycles. The number of benzene rings is 6. The first-order chi connectivity index (χ1) is 25.2. The van der Waals surface area contributed by atoms with Crippen LogP contribution in [0.25, 0.3) is 88.9 Å². The third-order valence-electron chi connectivity index (χ3n) is 9.31. The molecule has 6 aromatic carbocycles. The van der Waals surface area contributed by atoms with E-state index in [0.29, 0.717) is 23.0 Å². The average Bonchev–Trinajstić information content (AvgIpc) is 3.74. The quantitative estimate of drug-likeness (QED) is 0.160. The van der Waals surface area contributed by atoms with Gasteiger partial charge in [0, 0.05) is 49.5 Å². The van der Waals surface area contributed by atoms with Crippen molar-refractivity contribution in [2.75, 3.05) is 0 Å². The Balaban J connectivity index is 1.22. The fourth-order valence-electron chi connectivity index (χ4n) is 6.90. The van der Waals surface area contributed by atoms with Crippen LogP contribution in [0.5, 0.6) is 0 Å². The topological polar surface area (TPSA) is 56.7 Å². The maximum atomic E-state index is 6.44. The van der Waals surface area contributed by atoms with Gasteiger partial charge in [0.15, 0.2) is 17.5 Å². The average molecular weight is 657 g/mol. The molecule has 51 heavy (non-hydrogen) atoms. The number of nitrogens with zero attached hydrogens (tertiary/aromatic N) is 4. The summed E-state index contributed by atoms with van der Waals surface area (Å²) in [4.78, 5) is 14.7. The second-order valence-corrected chi connectivity index (χ2v) is 12.5. The fourth-order valence-corrected chi connectivity index (χ4v) is 6.90. The summed E-state index contributed by atoms with van der Waals surface area (Å²) in [5.74, 6) is 1.72. The maximum Gasteiger partial charge on any atom is 0.164 e. The lowest BCUT2D eigenvalue weighted by Crippen LogP contribution is -2.02. The summed E-state index contributed by atoms with van der Waals surface area (Å²) in [5, 5.41) is 4.60. The van der Waals surface area contributed by atoms with E-state index in [1.807, 2.05) is 73.7 Å². The molecule has 9 rings (SSSR count). The predicted molar refractivity (Wildman–Crippen MR) is 211 cm³/mol. The van der Waals surface area contributed by atoms with Gasteiger partial charge in [0.1, 0.15) is 11.2 Å². The van der Waals surface area contributed by atoms with Crippen molar-refractivity contribution in [2.24, 2.45) is 0 Å². The lowest BCUT2D eigenvalue weighted by Gasteiger charge is -2.12. The van der Waals surface area contributed by atoms with E-state index in [4.69, 9.17) is 19.4 Å². The van der Waals surface area contributed by atoms with Gasteiger partial charge in [-0.2, -0.15) is 0 Å². The minimum atomic E-state index is 0.534. The monoisotopic (exact) mass is 656 g/mol. The number of hydrogen-bond donors (Lipinski definition) is 0. The first kappa shape index (κ1) is 30.2. The van der Waals surface area contributed by atoms with Gasteiger partial charge in [-0.1, -0.05) is 140 Å². The maximum absolute atomic E-state index is 6.44. The van der Waals surface area contributed by atoms with Crippen LogP contribution in [0, 0.1) is 0 Å². The smallest absolute Gasteiger partial charge is 0.164 e. The highest BCUT2D eigenvalue weighted by atomic mass is 16.3. The molecule has 0 radical (unpaired) electrons. The minimum absolute atomic E-state index is 0.534. The lowest BCUT2D eigenvalue weighted by molar-refractivity contribution is 0.670. The van der Waals surface area contributed by atoms with Crippen LogP contribution < -0.4 is 0 Å². The molecule has 5 heteroatoms. The van der Waals surface area contributed by atoms with Crippen molar-refractivity contribution in [3.8, 4) is 39.6 Å². The Morgan fingerprint density at radius 1 is 0.588 bits per heavy atom. The normalized spacial score (nSPS) is 11.9. The number of para-hydroxylation sites is 3. The van der Waals surface area contributed by atoms with Crippen LogP contribution in [0.2, 0.25) is 0 Å². The van der Waals surface area contributed by atoms with E-state index >= 15 is 0 Å². The van der Waals surface area contributed by atoms with Crippen LogP contribution in [-0.4, -0.2) is 19.5 Å². The van der Waals surface area contributed by atoms with Crippen LogP contribution >= 0.6 is 0 Å². The zero-order valence-electron chi connectivity index (χ0n) is 28.0. The van der Waals surface area contributed by atoms with Crippen LogP contribution in [-0.2, 0) is 0 Å². The van der Waals surface area contributed by atoms with Crippen molar-refractivity contribution in [1.29, 1.82) is 0 Å². The number of allylic oxidation sites excluding steroid dienone is 5. The summed E-state index contributed by atoms with van der Waals surface area (Å²) in [5.41, 5.74) is 9.66. The van der Waals surface area contributed by atoms with Gasteiger partial charge in [0.2, 0.25) is 0 Å². The second kappa shape index (κ2) is 12.6. The third-order valence-corrected chi connectivity index (χ3v) is 9.31. The highest BCUT2D eigenvalue weighted by Gasteiger charge is 2.18. The summed E-state index contributed by atoms with van der Waals surface area (Å²) in [7, 11) is 0. The molecule has 0 aliphatic rings. The Labute approximate surface area is 295 Å². The number of aromatic nitrogens is 4. The van der Waals surface area contributed by atoms with Crippen molar-refractivity contribution in [1.82, 2.24) is 19.5 Å². The molecule has 0 amide bonds. The molecule has 242 valence electrons. The Morgan fingerprint density at radius 3 is 2.16 bits per heavy atom. The molecule has 0 saturated carbocycles. The molecule has 0 N–H and O–H groups in total. The van der Waals surface area contributed by atoms with Crippen LogP contribution in [0.3, 0.4) is 0 Å². The van der Waals surface area contributed by atoms with E-state index < -0.39 is 0 Å². The summed E-state index contributed by atoms with van der Waals surface area (Å²) in [6, 6.07) is 48.3. The molecule has 0 bridgehead atoms. The van der Waals surface area contributed by atoms with Crippen LogP contribution in [0.4, 0.5) is 0 Å². The molecule has 3 heterocycles.